The van der Waals surface area contributed by atoms with Crippen LogP contribution < -0.4 is 11.3 Å². The Labute approximate surface area is 84.4 Å². The number of ether oxygens (including phenoxy) is 1. The zero-order valence-electron chi connectivity index (χ0n) is 8.44. The zero-order chi connectivity index (χ0) is 10.2. The van der Waals surface area contributed by atoms with Gasteiger partial charge in [-0.25, -0.2) is 0 Å². The Balaban J connectivity index is 2.46. The van der Waals surface area contributed by atoms with Crippen LogP contribution in [-0.2, 0) is 4.74 Å². The molecule has 1 rings (SSSR count). The number of hydrogen-bond donors (Lipinski definition) is 2. The quantitative estimate of drug-likeness (QED) is 0.404. The molecule has 0 saturated carbocycles. The number of methoxy groups -OCH3 is 1. The lowest BCUT2D eigenvalue weighted by atomic mass is 10.1. The average Bonchev–Trinajstić information content (AvgIpc) is 2.26. The smallest absolute Gasteiger partial charge is 0.0476 e. The minimum absolute atomic E-state index is 0.166. The minimum Gasteiger partial charge on any atom is -0.385 e. The van der Waals surface area contributed by atoms with Crippen LogP contribution in [0.1, 0.15) is 24.4 Å². The van der Waals surface area contributed by atoms with E-state index in [9.17, 15) is 0 Å². The molecule has 4 heteroatoms. The van der Waals surface area contributed by atoms with E-state index in [0.717, 1.165) is 25.0 Å². The summed E-state index contributed by atoms with van der Waals surface area (Å²) in [6, 6.07) is 4.10. The number of nitrogens with one attached hydrogen (secondary N) is 1. The van der Waals surface area contributed by atoms with E-state index >= 15 is 0 Å². The fraction of sp³-hybridized carbons (Fsp3) is 0.500. The van der Waals surface area contributed by atoms with Gasteiger partial charge in [0.1, 0.15) is 0 Å². The van der Waals surface area contributed by atoms with Crippen LogP contribution in [0.3, 0.4) is 0 Å². The lowest BCUT2D eigenvalue weighted by Gasteiger charge is -2.15. The molecule has 3 N–H and O–H groups in total. The van der Waals surface area contributed by atoms with Crippen molar-refractivity contribution in [3.63, 3.8) is 0 Å². The lowest BCUT2D eigenvalue weighted by Crippen LogP contribution is -2.28. The van der Waals surface area contributed by atoms with Gasteiger partial charge in [-0.15, -0.1) is 0 Å². The van der Waals surface area contributed by atoms with Crippen LogP contribution in [0.25, 0.3) is 0 Å². The summed E-state index contributed by atoms with van der Waals surface area (Å²) in [6.45, 7) is 0.762. The van der Waals surface area contributed by atoms with Crippen LogP contribution in [0.15, 0.2) is 24.5 Å². The van der Waals surface area contributed by atoms with Crippen molar-refractivity contribution >= 4 is 0 Å². The van der Waals surface area contributed by atoms with Crippen LogP contribution in [-0.4, -0.2) is 18.7 Å². The molecule has 0 aliphatic carbocycles. The largest absolute Gasteiger partial charge is 0.385 e. The fourth-order valence-electron chi connectivity index (χ4n) is 1.36. The van der Waals surface area contributed by atoms with Crippen LogP contribution >= 0.6 is 0 Å². The molecule has 4 nitrogen and oxygen atoms in total. The van der Waals surface area contributed by atoms with Crippen LogP contribution in [0.2, 0.25) is 0 Å². The van der Waals surface area contributed by atoms with E-state index < -0.39 is 0 Å². The van der Waals surface area contributed by atoms with Gasteiger partial charge in [-0.3, -0.25) is 16.3 Å². The SMILES string of the molecule is COCCCC(NN)c1cccnc1. The average molecular weight is 195 g/mol. The van der Waals surface area contributed by atoms with E-state index in [2.05, 4.69) is 10.4 Å². The first kappa shape index (κ1) is 11.1. The van der Waals surface area contributed by atoms with Crippen LogP contribution in [0, 0.1) is 0 Å². The van der Waals surface area contributed by atoms with Crippen molar-refractivity contribution in [2.24, 2.45) is 5.84 Å². The Morgan fingerprint density at radius 2 is 2.50 bits per heavy atom. The van der Waals surface area contributed by atoms with Crippen molar-refractivity contribution in [2.75, 3.05) is 13.7 Å². The van der Waals surface area contributed by atoms with Crippen molar-refractivity contribution in [3.8, 4) is 0 Å². The highest BCUT2D eigenvalue weighted by atomic mass is 16.5. The maximum absolute atomic E-state index is 5.47. The molecular formula is C10H17N3O. The van der Waals surface area contributed by atoms with Gasteiger partial charge in [0, 0.05) is 32.2 Å². The predicted molar refractivity (Wildman–Crippen MR) is 55.4 cm³/mol. The summed E-state index contributed by atoms with van der Waals surface area (Å²) in [5.74, 6) is 5.47. The standard InChI is InChI=1S/C10H17N3O/c1-14-7-3-5-10(13-11)9-4-2-6-12-8-9/h2,4,6,8,10,13H,3,5,7,11H2,1H3. The molecule has 0 radical (unpaired) electrons. The maximum atomic E-state index is 5.47. The number of rotatable bonds is 6. The third-order valence-electron chi connectivity index (χ3n) is 2.13. The molecule has 1 unspecified atom stereocenters. The van der Waals surface area contributed by atoms with Gasteiger partial charge in [0.2, 0.25) is 0 Å². The van der Waals surface area contributed by atoms with Crippen LogP contribution in [0.5, 0.6) is 0 Å². The summed E-state index contributed by atoms with van der Waals surface area (Å²) in [6.07, 6.45) is 5.53. The van der Waals surface area contributed by atoms with Gasteiger partial charge in [0.25, 0.3) is 0 Å². The summed E-state index contributed by atoms with van der Waals surface area (Å²) >= 11 is 0. The predicted octanol–water partition coefficient (Wildman–Crippen LogP) is 1.01. The first-order valence-electron chi connectivity index (χ1n) is 4.73. The van der Waals surface area contributed by atoms with E-state index in [1.807, 2.05) is 18.3 Å². The number of aromatic nitrogens is 1. The van der Waals surface area contributed by atoms with E-state index in [1.165, 1.54) is 0 Å². The van der Waals surface area contributed by atoms with E-state index in [0.29, 0.717) is 0 Å². The topological polar surface area (TPSA) is 60.2 Å². The monoisotopic (exact) mass is 195 g/mol. The Morgan fingerprint density at radius 1 is 1.64 bits per heavy atom. The number of hydrazine groups is 1. The lowest BCUT2D eigenvalue weighted by molar-refractivity contribution is 0.189. The molecular weight excluding hydrogens is 178 g/mol. The number of hydrogen-bond acceptors (Lipinski definition) is 4. The minimum atomic E-state index is 0.166. The molecule has 1 heterocycles. The molecule has 0 amide bonds. The second-order valence-electron chi connectivity index (χ2n) is 3.14. The Bertz CT molecular complexity index is 240. The van der Waals surface area contributed by atoms with Gasteiger partial charge < -0.3 is 4.74 Å². The van der Waals surface area contributed by atoms with Crippen molar-refractivity contribution in [3.05, 3.63) is 30.1 Å². The molecule has 14 heavy (non-hydrogen) atoms. The molecule has 0 bridgehead atoms. The molecule has 0 saturated heterocycles. The number of nitrogens with two attached hydrogens (primary N) is 1. The summed E-state index contributed by atoms with van der Waals surface area (Å²) in [4.78, 5) is 4.05. The van der Waals surface area contributed by atoms with E-state index in [4.69, 9.17) is 10.6 Å². The molecule has 0 fully saturated rings. The van der Waals surface area contributed by atoms with Gasteiger partial charge in [0.05, 0.1) is 0 Å². The molecule has 1 aromatic heterocycles. The first-order valence-corrected chi connectivity index (χ1v) is 4.73. The molecule has 0 aliphatic rings. The molecule has 0 spiro atoms. The van der Waals surface area contributed by atoms with Gasteiger partial charge in [0.15, 0.2) is 0 Å². The maximum Gasteiger partial charge on any atom is 0.0476 e. The van der Waals surface area contributed by atoms with Crippen molar-refractivity contribution in [1.29, 1.82) is 0 Å². The van der Waals surface area contributed by atoms with Crippen molar-refractivity contribution in [1.82, 2.24) is 10.4 Å². The van der Waals surface area contributed by atoms with E-state index in [1.54, 1.807) is 13.3 Å². The number of pyridine rings is 1. The first-order chi connectivity index (χ1) is 6.88. The second-order valence-corrected chi connectivity index (χ2v) is 3.14. The van der Waals surface area contributed by atoms with Gasteiger partial charge >= 0.3 is 0 Å². The second kappa shape index (κ2) is 6.48. The van der Waals surface area contributed by atoms with E-state index in [-0.39, 0.29) is 6.04 Å². The van der Waals surface area contributed by atoms with Gasteiger partial charge in [-0.1, -0.05) is 6.07 Å². The third-order valence-corrected chi connectivity index (χ3v) is 2.13. The normalized spacial score (nSPS) is 12.7. The molecule has 1 aromatic rings. The van der Waals surface area contributed by atoms with Gasteiger partial charge in [-0.05, 0) is 24.5 Å². The fourth-order valence-corrected chi connectivity index (χ4v) is 1.36. The summed E-state index contributed by atoms with van der Waals surface area (Å²) < 4.78 is 4.99. The number of nitrogens with zero attached hydrogens (tertiary/aromatic N) is 1. The highest BCUT2D eigenvalue weighted by molar-refractivity contribution is 5.13. The highest BCUT2D eigenvalue weighted by Crippen LogP contribution is 2.15. The van der Waals surface area contributed by atoms with Crippen LogP contribution in [0.4, 0.5) is 0 Å². The summed E-state index contributed by atoms with van der Waals surface area (Å²) in [5, 5.41) is 0. The highest BCUT2D eigenvalue weighted by Gasteiger charge is 2.08. The van der Waals surface area contributed by atoms with Gasteiger partial charge in [-0.2, -0.15) is 0 Å². The molecule has 0 aliphatic heterocycles. The Morgan fingerprint density at radius 3 is 3.07 bits per heavy atom. The third kappa shape index (κ3) is 3.41. The molecule has 78 valence electrons. The van der Waals surface area contributed by atoms with Crippen molar-refractivity contribution in [2.45, 2.75) is 18.9 Å². The summed E-state index contributed by atoms with van der Waals surface area (Å²) in [5.41, 5.74) is 3.90. The molecule has 1 atom stereocenters. The Hall–Kier alpha value is -0.970. The Kier molecular flexibility index (Phi) is 5.14. The van der Waals surface area contributed by atoms with Crippen molar-refractivity contribution < 1.29 is 4.74 Å². The molecule has 0 aromatic carbocycles. The summed E-state index contributed by atoms with van der Waals surface area (Å²) in [7, 11) is 1.70. The zero-order valence-corrected chi connectivity index (χ0v) is 8.44.